The molecule has 1 aromatic heterocycles. The Morgan fingerprint density at radius 2 is 2.00 bits per heavy atom. The molecule has 2 rings (SSSR count). The molecule has 1 aliphatic rings. The van der Waals surface area contributed by atoms with Crippen LogP contribution in [0.5, 0.6) is 0 Å². The Labute approximate surface area is 120 Å². The van der Waals surface area contributed by atoms with E-state index in [1.165, 1.54) is 0 Å². The summed E-state index contributed by atoms with van der Waals surface area (Å²) in [6, 6.07) is 3.71. The molecule has 6 nitrogen and oxygen atoms in total. The molecule has 0 aromatic carbocycles. The van der Waals surface area contributed by atoms with E-state index in [9.17, 15) is 8.42 Å². The van der Waals surface area contributed by atoms with Crippen LogP contribution in [0, 0.1) is 0 Å². The number of sulfonamides is 1. The lowest BCUT2D eigenvalue weighted by molar-refractivity contribution is 0.196. The van der Waals surface area contributed by atoms with E-state index in [0.717, 1.165) is 12.8 Å². The van der Waals surface area contributed by atoms with Crippen molar-refractivity contribution in [3.05, 3.63) is 18.3 Å². The lowest BCUT2D eigenvalue weighted by Crippen LogP contribution is -2.44. The summed E-state index contributed by atoms with van der Waals surface area (Å²) in [5, 5.41) is 2.84. The lowest BCUT2D eigenvalue weighted by Gasteiger charge is -2.34. The van der Waals surface area contributed by atoms with Gasteiger partial charge in [-0.05, 0) is 39.1 Å². The first-order valence-electron chi connectivity index (χ1n) is 6.76. The number of pyridine rings is 1. The molecular formula is C13H22N4O2S. The predicted octanol–water partition coefficient (Wildman–Crippen LogP) is 0.838. The van der Waals surface area contributed by atoms with E-state index in [1.807, 2.05) is 14.1 Å². The van der Waals surface area contributed by atoms with Gasteiger partial charge in [-0.3, -0.25) is 0 Å². The van der Waals surface area contributed by atoms with E-state index in [0.29, 0.717) is 24.9 Å². The van der Waals surface area contributed by atoms with Crippen molar-refractivity contribution in [2.45, 2.75) is 23.8 Å². The Bertz CT molecular complexity index is 551. The van der Waals surface area contributed by atoms with Crippen molar-refractivity contribution in [1.29, 1.82) is 0 Å². The van der Waals surface area contributed by atoms with Crippen LogP contribution in [0.4, 0.5) is 5.82 Å². The quantitative estimate of drug-likeness (QED) is 0.892. The average Bonchev–Trinajstić information content (AvgIpc) is 2.47. The zero-order chi connectivity index (χ0) is 14.8. The minimum atomic E-state index is -3.46. The summed E-state index contributed by atoms with van der Waals surface area (Å²) in [7, 11) is 2.29. The number of anilines is 1. The molecule has 0 atom stereocenters. The molecule has 1 aromatic rings. The molecule has 1 saturated heterocycles. The SMILES string of the molecule is CNc1ncccc1S(=O)(=O)N1CCC(N(C)C)CC1. The highest BCUT2D eigenvalue weighted by atomic mass is 32.2. The third-order valence-electron chi connectivity index (χ3n) is 3.78. The molecule has 2 heterocycles. The van der Waals surface area contributed by atoms with Crippen molar-refractivity contribution in [3.8, 4) is 0 Å². The summed E-state index contributed by atoms with van der Waals surface area (Å²) in [5.74, 6) is 0.405. The molecule has 0 aliphatic carbocycles. The van der Waals surface area contributed by atoms with Crippen LogP contribution in [-0.2, 0) is 10.0 Å². The molecule has 20 heavy (non-hydrogen) atoms. The number of nitrogens with one attached hydrogen (secondary N) is 1. The fraction of sp³-hybridized carbons (Fsp3) is 0.615. The summed E-state index contributed by atoms with van der Waals surface area (Å²) < 4.78 is 26.9. The van der Waals surface area contributed by atoms with Crippen LogP contribution >= 0.6 is 0 Å². The molecule has 0 spiro atoms. The Hall–Kier alpha value is -1.18. The highest BCUT2D eigenvalue weighted by Crippen LogP contribution is 2.25. The van der Waals surface area contributed by atoms with Crippen LogP contribution in [0.2, 0.25) is 0 Å². The van der Waals surface area contributed by atoms with Gasteiger partial charge in [0.05, 0.1) is 0 Å². The zero-order valence-corrected chi connectivity index (χ0v) is 13.0. The molecule has 0 saturated carbocycles. The summed E-state index contributed by atoms with van der Waals surface area (Å²) >= 11 is 0. The Morgan fingerprint density at radius 3 is 2.55 bits per heavy atom. The summed E-state index contributed by atoms with van der Waals surface area (Å²) in [4.78, 5) is 6.49. The van der Waals surface area contributed by atoms with Gasteiger partial charge in [0, 0.05) is 32.4 Å². The van der Waals surface area contributed by atoms with E-state index in [-0.39, 0.29) is 4.90 Å². The maximum atomic E-state index is 12.7. The van der Waals surface area contributed by atoms with Gasteiger partial charge < -0.3 is 10.2 Å². The van der Waals surface area contributed by atoms with Gasteiger partial charge in [-0.2, -0.15) is 4.31 Å². The van der Waals surface area contributed by atoms with Gasteiger partial charge in [0.1, 0.15) is 10.7 Å². The molecule has 0 amide bonds. The molecule has 1 fully saturated rings. The number of nitrogens with zero attached hydrogens (tertiary/aromatic N) is 3. The first-order valence-corrected chi connectivity index (χ1v) is 8.20. The van der Waals surface area contributed by atoms with Gasteiger partial charge in [-0.25, -0.2) is 13.4 Å². The molecule has 0 bridgehead atoms. The van der Waals surface area contributed by atoms with E-state index < -0.39 is 10.0 Å². The third-order valence-corrected chi connectivity index (χ3v) is 5.71. The monoisotopic (exact) mass is 298 g/mol. The van der Waals surface area contributed by atoms with Gasteiger partial charge in [0.2, 0.25) is 10.0 Å². The first kappa shape index (κ1) is 15.2. The van der Waals surface area contributed by atoms with Crippen molar-refractivity contribution in [1.82, 2.24) is 14.2 Å². The lowest BCUT2D eigenvalue weighted by atomic mass is 10.1. The number of rotatable bonds is 4. The second kappa shape index (κ2) is 6.07. The van der Waals surface area contributed by atoms with Crippen LogP contribution < -0.4 is 5.32 Å². The maximum absolute atomic E-state index is 12.7. The van der Waals surface area contributed by atoms with Crippen molar-refractivity contribution in [2.75, 3.05) is 39.5 Å². The Kier molecular flexibility index (Phi) is 4.62. The van der Waals surface area contributed by atoms with Crippen LogP contribution in [-0.4, -0.2) is 62.9 Å². The Balaban J connectivity index is 2.20. The predicted molar refractivity (Wildman–Crippen MR) is 79.3 cm³/mol. The molecule has 7 heteroatoms. The van der Waals surface area contributed by atoms with Crippen molar-refractivity contribution >= 4 is 15.8 Å². The Morgan fingerprint density at radius 1 is 1.35 bits per heavy atom. The van der Waals surface area contributed by atoms with Crippen molar-refractivity contribution < 1.29 is 8.42 Å². The topological polar surface area (TPSA) is 65.5 Å². The molecule has 112 valence electrons. The number of aromatic nitrogens is 1. The highest BCUT2D eigenvalue weighted by molar-refractivity contribution is 7.89. The van der Waals surface area contributed by atoms with Crippen molar-refractivity contribution in [2.24, 2.45) is 0 Å². The largest absolute Gasteiger partial charge is 0.372 e. The second-order valence-electron chi connectivity index (χ2n) is 5.20. The third kappa shape index (κ3) is 2.94. The maximum Gasteiger partial charge on any atom is 0.246 e. The van der Waals surface area contributed by atoms with Gasteiger partial charge >= 0.3 is 0 Å². The highest BCUT2D eigenvalue weighted by Gasteiger charge is 2.31. The molecule has 0 unspecified atom stereocenters. The van der Waals surface area contributed by atoms with Gasteiger partial charge in [0.25, 0.3) is 0 Å². The second-order valence-corrected chi connectivity index (χ2v) is 7.11. The fourth-order valence-corrected chi connectivity index (χ4v) is 4.14. The van der Waals surface area contributed by atoms with Gasteiger partial charge in [0.15, 0.2) is 0 Å². The number of hydrogen-bond acceptors (Lipinski definition) is 5. The van der Waals surface area contributed by atoms with Crippen LogP contribution in [0.1, 0.15) is 12.8 Å². The van der Waals surface area contributed by atoms with E-state index >= 15 is 0 Å². The van der Waals surface area contributed by atoms with Crippen LogP contribution in [0.25, 0.3) is 0 Å². The van der Waals surface area contributed by atoms with Gasteiger partial charge in [-0.1, -0.05) is 0 Å². The minimum Gasteiger partial charge on any atom is -0.372 e. The molecule has 1 aliphatic heterocycles. The minimum absolute atomic E-state index is 0.255. The van der Waals surface area contributed by atoms with E-state index in [2.05, 4.69) is 15.2 Å². The smallest absolute Gasteiger partial charge is 0.246 e. The number of piperidine rings is 1. The summed E-state index contributed by atoms with van der Waals surface area (Å²) in [6.45, 7) is 1.12. The van der Waals surface area contributed by atoms with E-state index in [1.54, 1.807) is 29.7 Å². The van der Waals surface area contributed by atoms with E-state index in [4.69, 9.17) is 0 Å². The van der Waals surface area contributed by atoms with Crippen LogP contribution in [0.15, 0.2) is 23.2 Å². The fourth-order valence-electron chi connectivity index (χ4n) is 2.52. The zero-order valence-electron chi connectivity index (χ0n) is 12.2. The number of hydrogen-bond donors (Lipinski definition) is 1. The first-order chi connectivity index (χ1) is 9.46. The standard InChI is InChI=1S/C13H22N4O2S/c1-14-13-12(5-4-8-15-13)20(18,19)17-9-6-11(7-10-17)16(2)3/h4-5,8,11H,6-7,9-10H2,1-3H3,(H,14,15). The van der Waals surface area contributed by atoms with Crippen molar-refractivity contribution in [3.63, 3.8) is 0 Å². The van der Waals surface area contributed by atoms with Gasteiger partial charge in [-0.15, -0.1) is 0 Å². The molecular weight excluding hydrogens is 276 g/mol. The average molecular weight is 298 g/mol. The summed E-state index contributed by atoms with van der Waals surface area (Å²) in [5.41, 5.74) is 0. The van der Waals surface area contributed by atoms with Crippen LogP contribution in [0.3, 0.4) is 0 Å². The normalized spacial score (nSPS) is 18.4. The molecule has 1 N–H and O–H groups in total. The molecule has 0 radical (unpaired) electrons. The summed E-state index contributed by atoms with van der Waals surface area (Å²) in [6.07, 6.45) is 3.31.